The van der Waals surface area contributed by atoms with Crippen molar-refractivity contribution in [2.24, 2.45) is 5.41 Å². The topological polar surface area (TPSA) is 21.8 Å². The zero-order valence-electron chi connectivity index (χ0n) is 7.65. The summed E-state index contributed by atoms with van der Waals surface area (Å²) in [6.07, 6.45) is 0.292. The van der Waals surface area contributed by atoms with Gasteiger partial charge in [-0.15, -0.1) is 0 Å². The first-order valence-corrected chi connectivity index (χ1v) is 6.79. The van der Waals surface area contributed by atoms with Crippen LogP contribution < -0.4 is 0 Å². The van der Waals surface area contributed by atoms with E-state index in [0.717, 1.165) is 11.9 Å². The zero-order chi connectivity index (χ0) is 10.1. The van der Waals surface area contributed by atoms with Crippen LogP contribution in [0.15, 0.2) is 0 Å². The molecule has 78 valence electrons. The van der Waals surface area contributed by atoms with Crippen LogP contribution in [0.2, 0.25) is 0 Å². The minimum atomic E-state index is -0.484. The molecule has 1 aliphatic rings. The van der Waals surface area contributed by atoms with Gasteiger partial charge in [0.05, 0.1) is 13.2 Å². The number of halogens is 3. The second-order valence-corrected chi connectivity index (χ2v) is 7.66. The molecular weight excluding hydrogens is 368 g/mol. The van der Waals surface area contributed by atoms with Crippen LogP contribution >= 0.6 is 47.8 Å². The van der Waals surface area contributed by atoms with Gasteiger partial charge in [-0.05, 0) is 31.9 Å². The summed E-state index contributed by atoms with van der Waals surface area (Å²) in [5.74, 6) is 0. The average molecular weight is 381 g/mol. The van der Waals surface area contributed by atoms with Gasteiger partial charge >= 0.3 is 0 Å². The summed E-state index contributed by atoms with van der Waals surface area (Å²) in [6, 6.07) is 0. The van der Waals surface area contributed by atoms with Gasteiger partial charge in [-0.25, -0.2) is 0 Å². The standard InChI is InChI=1S/C8H13Br3O2/c1-7(2,5-9)8(10,11)13-4-6-3-12-6/h6H,3-5H2,1-2H3. The molecule has 0 radical (unpaired) electrons. The summed E-state index contributed by atoms with van der Waals surface area (Å²) in [6.45, 7) is 5.68. The van der Waals surface area contributed by atoms with Crippen molar-refractivity contribution in [2.45, 2.75) is 23.4 Å². The Balaban J connectivity index is 2.41. The highest BCUT2D eigenvalue weighted by molar-refractivity contribution is 9.25. The second-order valence-electron chi connectivity index (χ2n) is 3.80. The Kier molecular flexibility index (Phi) is 4.28. The molecule has 1 atom stereocenters. The molecule has 1 fully saturated rings. The van der Waals surface area contributed by atoms with Crippen LogP contribution in [0.1, 0.15) is 13.8 Å². The van der Waals surface area contributed by atoms with Gasteiger partial charge in [-0.3, -0.25) is 0 Å². The van der Waals surface area contributed by atoms with Crippen LogP contribution in [-0.2, 0) is 9.47 Å². The SMILES string of the molecule is CC(C)(CBr)C(Br)(Br)OCC1CO1. The molecule has 2 nitrogen and oxygen atoms in total. The second kappa shape index (κ2) is 4.47. The molecule has 0 spiro atoms. The molecule has 1 aliphatic heterocycles. The van der Waals surface area contributed by atoms with Crippen molar-refractivity contribution in [2.75, 3.05) is 18.5 Å². The number of rotatable bonds is 5. The first-order chi connectivity index (χ1) is 5.89. The fourth-order valence-electron chi connectivity index (χ4n) is 0.635. The fraction of sp³-hybridized carbons (Fsp3) is 1.00. The summed E-state index contributed by atoms with van der Waals surface area (Å²) in [5.41, 5.74) is -0.0259. The van der Waals surface area contributed by atoms with Gasteiger partial charge in [-0.2, -0.15) is 0 Å². The predicted molar refractivity (Wildman–Crippen MR) is 63.9 cm³/mol. The van der Waals surface area contributed by atoms with E-state index in [9.17, 15) is 0 Å². The molecule has 1 saturated heterocycles. The molecule has 0 aromatic carbocycles. The van der Waals surface area contributed by atoms with E-state index >= 15 is 0 Å². The van der Waals surface area contributed by atoms with E-state index in [2.05, 4.69) is 61.6 Å². The summed E-state index contributed by atoms with van der Waals surface area (Å²) in [7, 11) is 0. The molecule has 0 N–H and O–H groups in total. The first kappa shape index (κ1) is 12.4. The maximum absolute atomic E-state index is 5.69. The van der Waals surface area contributed by atoms with E-state index in [-0.39, 0.29) is 5.41 Å². The highest BCUT2D eigenvalue weighted by Gasteiger charge is 2.42. The predicted octanol–water partition coefficient (Wildman–Crippen LogP) is 3.27. The van der Waals surface area contributed by atoms with Gasteiger partial charge < -0.3 is 9.47 Å². The van der Waals surface area contributed by atoms with Crippen molar-refractivity contribution in [3.05, 3.63) is 0 Å². The van der Waals surface area contributed by atoms with Gasteiger partial charge in [0.1, 0.15) is 6.10 Å². The number of alkyl halides is 3. The normalized spacial score (nSPS) is 23.3. The van der Waals surface area contributed by atoms with E-state index < -0.39 is 3.42 Å². The van der Waals surface area contributed by atoms with Crippen molar-refractivity contribution in [3.63, 3.8) is 0 Å². The molecule has 5 heteroatoms. The van der Waals surface area contributed by atoms with Crippen molar-refractivity contribution in [1.29, 1.82) is 0 Å². The van der Waals surface area contributed by atoms with Gasteiger partial charge in [-0.1, -0.05) is 29.8 Å². The Morgan fingerprint density at radius 2 is 2.00 bits per heavy atom. The van der Waals surface area contributed by atoms with Crippen molar-refractivity contribution in [1.82, 2.24) is 0 Å². The highest BCUT2D eigenvalue weighted by atomic mass is 79.9. The van der Waals surface area contributed by atoms with Crippen molar-refractivity contribution >= 4 is 47.8 Å². The van der Waals surface area contributed by atoms with Crippen LogP contribution in [-0.4, -0.2) is 28.1 Å². The van der Waals surface area contributed by atoms with Crippen LogP contribution in [0.25, 0.3) is 0 Å². The summed E-state index contributed by atoms with van der Waals surface area (Å²) >= 11 is 10.5. The van der Waals surface area contributed by atoms with Gasteiger partial charge in [0.25, 0.3) is 0 Å². The molecular formula is C8H13Br3O2. The van der Waals surface area contributed by atoms with E-state index in [4.69, 9.17) is 9.47 Å². The smallest absolute Gasteiger partial charge is 0.183 e. The number of hydrogen-bond acceptors (Lipinski definition) is 2. The monoisotopic (exact) mass is 378 g/mol. The van der Waals surface area contributed by atoms with E-state index in [1.165, 1.54) is 0 Å². The Morgan fingerprint density at radius 3 is 2.38 bits per heavy atom. The van der Waals surface area contributed by atoms with Crippen LogP contribution in [0.5, 0.6) is 0 Å². The quantitative estimate of drug-likeness (QED) is 0.539. The highest BCUT2D eigenvalue weighted by Crippen LogP contribution is 2.46. The third-order valence-corrected chi connectivity index (χ3v) is 5.98. The lowest BCUT2D eigenvalue weighted by Gasteiger charge is -2.36. The van der Waals surface area contributed by atoms with Crippen LogP contribution in [0.3, 0.4) is 0 Å². The van der Waals surface area contributed by atoms with Gasteiger partial charge in [0.2, 0.25) is 0 Å². The Hall–Kier alpha value is 1.36. The first-order valence-electron chi connectivity index (χ1n) is 4.08. The van der Waals surface area contributed by atoms with Crippen LogP contribution in [0.4, 0.5) is 0 Å². The van der Waals surface area contributed by atoms with E-state index in [1.807, 2.05) is 0 Å². The molecule has 0 saturated carbocycles. The van der Waals surface area contributed by atoms with E-state index in [1.54, 1.807) is 0 Å². The molecule has 1 unspecified atom stereocenters. The molecule has 0 bridgehead atoms. The Morgan fingerprint density at radius 1 is 1.46 bits per heavy atom. The van der Waals surface area contributed by atoms with Crippen molar-refractivity contribution < 1.29 is 9.47 Å². The molecule has 0 aliphatic carbocycles. The van der Waals surface area contributed by atoms with Crippen molar-refractivity contribution in [3.8, 4) is 0 Å². The maximum Gasteiger partial charge on any atom is 0.183 e. The lowest BCUT2D eigenvalue weighted by Crippen LogP contribution is -2.38. The zero-order valence-corrected chi connectivity index (χ0v) is 12.4. The summed E-state index contributed by atoms with van der Waals surface area (Å²) in [5, 5.41) is 0.849. The molecule has 1 heterocycles. The lowest BCUT2D eigenvalue weighted by molar-refractivity contribution is 0.0234. The molecule has 13 heavy (non-hydrogen) atoms. The largest absolute Gasteiger partial charge is 0.371 e. The average Bonchev–Trinajstić information content (AvgIpc) is 2.83. The minimum absolute atomic E-state index is 0.0259. The fourth-order valence-corrected chi connectivity index (χ4v) is 2.33. The molecule has 0 aromatic heterocycles. The Labute approximate surface area is 104 Å². The van der Waals surface area contributed by atoms with E-state index in [0.29, 0.717) is 12.7 Å². The number of epoxide rings is 1. The molecule has 1 rings (SSSR count). The molecule has 0 amide bonds. The molecule has 0 aromatic rings. The third kappa shape index (κ3) is 3.45. The van der Waals surface area contributed by atoms with Crippen LogP contribution in [0, 0.1) is 5.41 Å². The minimum Gasteiger partial charge on any atom is -0.371 e. The number of hydrogen-bond donors (Lipinski definition) is 0. The van der Waals surface area contributed by atoms with Gasteiger partial charge in [0, 0.05) is 10.7 Å². The summed E-state index contributed by atoms with van der Waals surface area (Å²) < 4.78 is 10.3. The van der Waals surface area contributed by atoms with Gasteiger partial charge in [0.15, 0.2) is 3.42 Å². The third-order valence-electron chi connectivity index (χ3n) is 1.97. The summed E-state index contributed by atoms with van der Waals surface area (Å²) in [4.78, 5) is 0. The maximum atomic E-state index is 5.69. The lowest BCUT2D eigenvalue weighted by atomic mass is 9.98. The number of ether oxygens (including phenoxy) is 2. The Bertz CT molecular complexity index is 178.